The van der Waals surface area contributed by atoms with Crippen molar-refractivity contribution in [1.29, 1.82) is 0 Å². The van der Waals surface area contributed by atoms with Crippen molar-refractivity contribution in [1.82, 2.24) is 19.8 Å². The second-order valence-corrected chi connectivity index (χ2v) is 10.8. The van der Waals surface area contributed by atoms with E-state index in [0.29, 0.717) is 25.1 Å². The molecule has 6 nitrogen and oxygen atoms in total. The smallest absolute Gasteiger partial charge is 0.251 e. The van der Waals surface area contributed by atoms with Gasteiger partial charge in [0.2, 0.25) is 5.91 Å². The van der Waals surface area contributed by atoms with E-state index in [-0.39, 0.29) is 24.4 Å². The normalized spacial score (nSPS) is 13.9. The van der Waals surface area contributed by atoms with Crippen molar-refractivity contribution in [2.45, 2.75) is 57.7 Å². The highest BCUT2D eigenvalue weighted by atomic mass is 79.9. The first-order chi connectivity index (χ1) is 18.6. The molecule has 1 aliphatic rings. The summed E-state index contributed by atoms with van der Waals surface area (Å²) < 4.78 is 2.96. The lowest BCUT2D eigenvalue weighted by Crippen LogP contribution is -2.42. The lowest BCUT2D eigenvalue weighted by atomic mass is 9.93. The Kier molecular flexibility index (Phi) is 8.54. The Hall–Kier alpha value is -3.45. The van der Waals surface area contributed by atoms with E-state index in [4.69, 9.17) is 4.98 Å². The highest BCUT2D eigenvalue weighted by Gasteiger charge is 2.27. The van der Waals surface area contributed by atoms with Gasteiger partial charge in [-0.1, -0.05) is 77.7 Å². The zero-order valence-corrected chi connectivity index (χ0v) is 23.1. The molecule has 1 saturated carbocycles. The molecule has 0 spiro atoms. The maximum absolute atomic E-state index is 13.9. The third-order valence-electron chi connectivity index (χ3n) is 7.30. The number of nitrogens with zero attached hydrogens (tertiary/aromatic N) is 3. The van der Waals surface area contributed by atoms with Crippen LogP contribution in [0.3, 0.4) is 0 Å². The Balaban J connectivity index is 1.34. The summed E-state index contributed by atoms with van der Waals surface area (Å²) in [5, 5.41) is 3.00. The molecular formula is C31H33BrN4O2. The van der Waals surface area contributed by atoms with Crippen LogP contribution >= 0.6 is 15.9 Å². The Morgan fingerprint density at radius 3 is 2.39 bits per heavy atom. The second-order valence-electron chi connectivity index (χ2n) is 9.91. The van der Waals surface area contributed by atoms with Gasteiger partial charge in [-0.15, -0.1) is 0 Å². The van der Waals surface area contributed by atoms with Gasteiger partial charge in [-0.3, -0.25) is 9.59 Å². The number of carbonyl (C=O) groups excluding carboxylic acids is 2. The standard InChI is InChI=1S/C31H33BrN4O2/c32-25-17-15-24(16-18-25)31(38)33-20-19-29-34-27-13-7-8-14-28(27)36(29)22-30(37)35(26-11-5-2-6-12-26)21-23-9-3-1-4-10-23/h1,3-4,7-10,13-18,26H,2,5-6,11-12,19-22H2,(H,33,38). The van der Waals surface area contributed by atoms with E-state index in [9.17, 15) is 9.59 Å². The molecular weight excluding hydrogens is 540 g/mol. The van der Waals surface area contributed by atoms with Gasteiger partial charge in [0.05, 0.1) is 11.0 Å². The third-order valence-corrected chi connectivity index (χ3v) is 7.83. The molecule has 1 heterocycles. The van der Waals surface area contributed by atoms with Crippen molar-refractivity contribution in [3.05, 3.63) is 100 Å². The number of imidazole rings is 1. The van der Waals surface area contributed by atoms with Crippen molar-refractivity contribution in [2.24, 2.45) is 0 Å². The summed E-state index contributed by atoms with van der Waals surface area (Å²) in [6, 6.07) is 25.7. The molecule has 2 amide bonds. The van der Waals surface area contributed by atoms with Crippen LogP contribution in [-0.4, -0.2) is 38.9 Å². The quantitative estimate of drug-likeness (QED) is 0.262. The molecule has 0 unspecified atom stereocenters. The average molecular weight is 574 g/mol. The van der Waals surface area contributed by atoms with Gasteiger partial charge in [0, 0.05) is 35.6 Å². The molecule has 3 aromatic carbocycles. The zero-order chi connectivity index (χ0) is 26.3. The molecule has 0 radical (unpaired) electrons. The first-order valence-corrected chi connectivity index (χ1v) is 14.2. The summed E-state index contributed by atoms with van der Waals surface area (Å²) in [7, 11) is 0. The van der Waals surface area contributed by atoms with Crippen LogP contribution in [0.25, 0.3) is 11.0 Å². The molecule has 5 rings (SSSR count). The minimum atomic E-state index is -0.123. The first-order valence-electron chi connectivity index (χ1n) is 13.4. The second kappa shape index (κ2) is 12.4. The van der Waals surface area contributed by atoms with Crippen LogP contribution in [0.2, 0.25) is 0 Å². The fourth-order valence-electron chi connectivity index (χ4n) is 5.30. The van der Waals surface area contributed by atoms with E-state index in [2.05, 4.69) is 38.3 Å². The summed E-state index contributed by atoms with van der Waals surface area (Å²) in [6.45, 7) is 1.29. The maximum atomic E-state index is 13.9. The Morgan fingerprint density at radius 1 is 0.921 bits per heavy atom. The monoisotopic (exact) mass is 572 g/mol. The number of benzene rings is 3. The number of hydrogen-bond donors (Lipinski definition) is 1. The van der Waals surface area contributed by atoms with Crippen LogP contribution in [0.1, 0.15) is 53.8 Å². The van der Waals surface area contributed by atoms with Crippen LogP contribution in [-0.2, 0) is 24.3 Å². The van der Waals surface area contributed by atoms with Gasteiger partial charge in [-0.2, -0.15) is 0 Å². The zero-order valence-electron chi connectivity index (χ0n) is 21.5. The highest BCUT2D eigenvalue weighted by molar-refractivity contribution is 9.10. The minimum Gasteiger partial charge on any atom is -0.352 e. The van der Waals surface area contributed by atoms with Crippen LogP contribution < -0.4 is 5.32 Å². The lowest BCUT2D eigenvalue weighted by Gasteiger charge is -2.35. The van der Waals surface area contributed by atoms with Gasteiger partial charge in [0.15, 0.2) is 0 Å². The van der Waals surface area contributed by atoms with Crippen molar-refractivity contribution in [3.8, 4) is 0 Å². The Bertz CT molecular complexity index is 1380. The molecule has 1 aliphatic carbocycles. The SMILES string of the molecule is O=C(NCCc1nc2ccccc2n1CC(=O)N(Cc1ccccc1)C1CCCCC1)c1ccc(Br)cc1. The van der Waals surface area contributed by atoms with Crippen molar-refractivity contribution in [3.63, 3.8) is 0 Å². The number of nitrogens with one attached hydrogen (secondary N) is 1. The fourth-order valence-corrected chi connectivity index (χ4v) is 5.57. The number of para-hydroxylation sites is 2. The summed E-state index contributed by atoms with van der Waals surface area (Å²) in [6.07, 6.45) is 6.22. The van der Waals surface area contributed by atoms with Crippen molar-refractivity contribution >= 4 is 38.8 Å². The lowest BCUT2D eigenvalue weighted by molar-refractivity contribution is -0.135. The number of amides is 2. The van der Waals surface area contributed by atoms with Crippen LogP contribution in [0.5, 0.6) is 0 Å². The van der Waals surface area contributed by atoms with E-state index in [1.54, 1.807) is 12.1 Å². The van der Waals surface area contributed by atoms with Gasteiger partial charge in [0.25, 0.3) is 5.91 Å². The van der Waals surface area contributed by atoms with Gasteiger partial charge < -0.3 is 14.8 Å². The van der Waals surface area contributed by atoms with E-state index in [0.717, 1.165) is 39.7 Å². The third kappa shape index (κ3) is 6.33. The first kappa shape index (κ1) is 26.2. The molecule has 0 saturated heterocycles. The summed E-state index contributed by atoms with van der Waals surface area (Å²) in [4.78, 5) is 33.4. The molecule has 0 aliphatic heterocycles. The number of aromatic nitrogens is 2. The van der Waals surface area contributed by atoms with E-state index in [1.165, 1.54) is 19.3 Å². The van der Waals surface area contributed by atoms with E-state index >= 15 is 0 Å². The van der Waals surface area contributed by atoms with Crippen LogP contribution in [0.4, 0.5) is 0 Å². The Labute approximate surface area is 232 Å². The minimum absolute atomic E-state index is 0.115. The number of carbonyl (C=O) groups is 2. The van der Waals surface area contributed by atoms with Crippen molar-refractivity contribution in [2.75, 3.05) is 6.54 Å². The van der Waals surface area contributed by atoms with Gasteiger partial charge in [-0.25, -0.2) is 4.98 Å². The largest absolute Gasteiger partial charge is 0.352 e. The number of halogens is 1. The summed E-state index contributed by atoms with van der Waals surface area (Å²) in [5.74, 6) is 0.797. The topological polar surface area (TPSA) is 67.2 Å². The maximum Gasteiger partial charge on any atom is 0.251 e. The van der Waals surface area contributed by atoms with Gasteiger partial charge >= 0.3 is 0 Å². The average Bonchev–Trinajstić information content (AvgIpc) is 3.30. The van der Waals surface area contributed by atoms with Crippen molar-refractivity contribution < 1.29 is 9.59 Å². The number of rotatable bonds is 9. The molecule has 4 aromatic rings. The predicted molar refractivity (Wildman–Crippen MR) is 154 cm³/mol. The molecule has 0 bridgehead atoms. The fraction of sp³-hybridized carbons (Fsp3) is 0.323. The van der Waals surface area contributed by atoms with Gasteiger partial charge in [-0.05, 0) is 54.8 Å². The molecule has 0 atom stereocenters. The number of hydrogen-bond acceptors (Lipinski definition) is 3. The molecule has 1 N–H and O–H groups in total. The molecule has 196 valence electrons. The molecule has 1 fully saturated rings. The van der Waals surface area contributed by atoms with E-state index < -0.39 is 0 Å². The van der Waals surface area contributed by atoms with Crippen LogP contribution in [0, 0.1) is 0 Å². The Morgan fingerprint density at radius 2 is 1.63 bits per heavy atom. The van der Waals surface area contributed by atoms with Gasteiger partial charge in [0.1, 0.15) is 12.4 Å². The predicted octanol–water partition coefficient (Wildman–Crippen LogP) is 6.13. The molecule has 38 heavy (non-hydrogen) atoms. The highest BCUT2D eigenvalue weighted by Crippen LogP contribution is 2.25. The summed E-state index contributed by atoms with van der Waals surface area (Å²) >= 11 is 3.40. The number of fused-ring (bicyclic) bond motifs is 1. The summed E-state index contributed by atoms with van der Waals surface area (Å²) in [5.41, 5.74) is 3.57. The van der Waals surface area contributed by atoms with Crippen LogP contribution in [0.15, 0.2) is 83.3 Å². The molecule has 7 heteroatoms. The molecule has 1 aromatic heterocycles. The van der Waals surface area contributed by atoms with E-state index in [1.807, 2.05) is 59.2 Å².